The van der Waals surface area contributed by atoms with Gasteiger partial charge in [-0.15, -0.1) is 0 Å². The highest BCUT2D eigenvalue weighted by Crippen LogP contribution is 2.36. The number of thioether (sulfide) groups is 1. The first-order valence-electron chi connectivity index (χ1n) is 14.2. The van der Waals surface area contributed by atoms with Gasteiger partial charge in [0, 0.05) is 61.9 Å². The number of aromatic nitrogens is 1. The maximum Gasteiger partial charge on any atom is 0.266 e. The summed E-state index contributed by atoms with van der Waals surface area (Å²) in [7, 11) is 0. The molecular weight excluding hydrogens is 538 g/mol. The van der Waals surface area contributed by atoms with E-state index in [0.29, 0.717) is 42.9 Å². The number of rotatable bonds is 8. The Balaban J connectivity index is 1.25. The second-order valence-corrected chi connectivity index (χ2v) is 11.3. The van der Waals surface area contributed by atoms with Gasteiger partial charge < -0.3 is 18.9 Å². The van der Waals surface area contributed by atoms with E-state index in [1.165, 1.54) is 11.8 Å². The van der Waals surface area contributed by atoms with E-state index in [4.69, 9.17) is 14.5 Å². The van der Waals surface area contributed by atoms with Gasteiger partial charge >= 0.3 is 0 Å². The number of amidine groups is 1. The molecule has 0 saturated carbocycles. The van der Waals surface area contributed by atoms with Gasteiger partial charge in [0.15, 0.2) is 5.17 Å². The molecule has 0 bridgehead atoms. The third-order valence-electron chi connectivity index (χ3n) is 7.60. The van der Waals surface area contributed by atoms with Crippen molar-refractivity contribution in [1.29, 1.82) is 0 Å². The molecule has 3 saturated heterocycles. The van der Waals surface area contributed by atoms with Gasteiger partial charge in [0.2, 0.25) is 5.91 Å². The van der Waals surface area contributed by atoms with E-state index in [-0.39, 0.29) is 18.4 Å². The molecule has 3 fully saturated rings. The second kappa shape index (κ2) is 13.0. The van der Waals surface area contributed by atoms with Crippen LogP contribution in [0.1, 0.15) is 12.0 Å². The van der Waals surface area contributed by atoms with Gasteiger partial charge in [-0.25, -0.2) is 4.99 Å². The van der Waals surface area contributed by atoms with Crippen molar-refractivity contribution in [1.82, 2.24) is 19.3 Å². The molecule has 214 valence electrons. The van der Waals surface area contributed by atoms with Crippen LogP contribution in [-0.2, 0) is 25.6 Å². The topological polar surface area (TPSA) is 79.6 Å². The van der Waals surface area contributed by atoms with Crippen LogP contribution in [0.3, 0.4) is 0 Å². The molecule has 0 radical (unpaired) electrons. The van der Waals surface area contributed by atoms with E-state index < -0.39 is 0 Å². The molecule has 6 rings (SSSR count). The molecule has 3 aliphatic heterocycles. The summed E-state index contributed by atoms with van der Waals surface area (Å²) in [6.45, 7) is 7.52. The highest BCUT2D eigenvalue weighted by molar-refractivity contribution is 8.18. The van der Waals surface area contributed by atoms with Crippen LogP contribution >= 0.6 is 11.8 Å². The Morgan fingerprint density at radius 3 is 2.39 bits per heavy atom. The lowest BCUT2D eigenvalue weighted by molar-refractivity contribution is -0.135. The van der Waals surface area contributed by atoms with Crippen LogP contribution in [0.15, 0.2) is 70.7 Å². The van der Waals surface area contributed by atoms with Crippen molar-refractivity contribution < 1.29 is 19.1 Å². The lowest BCUT2D eigenvalue weighted by Crippen LogP contribution is -2.42. The van der Waals surface area contributed by atoms with E-state index in [1.54, 1.807) is 0 Å². The Kier molecular flexibility index (Phi) is 8.81. The second-order valence-electron chi connectivity index (χ2n) is 10.3. The largest absolute Gasteiger partial charge is 0.379 e. The maximum absolute atomic E-state index is 13.8. The van der Waals surface area contributed by atoms with Crippen molar-refractivity contribution in [3.8, 4) is 0 Å². The summed E-state index contributed by atoms with van der Waals surface area (Å²) in [5, 5.41) is 1.70. The van der Waals surface area contributed by atoms with Crippen LogP contribution in [0.5, 0.6) is 0 Å². The third-order valence-corrected chi connectivity index (χ3v) is 8.61. The number of aliphatic imine (C=N–C) groups is 1. The van der Waals surface area contributed by atoms with Crippen LogP contribution in [0.2, 0.25) is 0 Å². The fourth-order valence-corrected chi connectivity index (χ4v) is 6.41. The van der Waals surface area contributed by atoms with Gasteiger partial charge in [0.1, 0.15) is 6.54 Å². The Labute approximate surface area is 244 Å². The van der Waals surface area contributed by atoms with Gasteiger partial charge in [0.25, 0.3) is 5.91 Å². The summed E-state index contributed by atoms with van der Waals surface area (Å²) in [5.74, 6) is 0.0381. The van der Waals surface area contributed by atoms with Crippen LogP contribution in [0.25, 0.3) is 17.0 Å². The molecule has 0 N–H and O–H groups in total. The van der Waals surface area contributed by atoms with Crippen LogP contribution < -0.4 is 0 Å². The minimum Gasteiger partial charge on any atom is -0.379 e. The molecule has 4 heterocycles. The molecule has 2 amide bonds. The molecule has 0 unspecified atom stereocenters. The molecule has 3 aromatic rings. The summed E-state index contributed by atoms with van der Waals surface area (Å²) in [6, 6.07) is 17.8. The molecule has 0 aliphatic carbocycles. The van der Waals surface area contributed by atoms with Crippen molar-refractivity contribution in [3.63, 3.8) is 0 Å². The summed E-state index contributed by atoms with van der Waals surface area (Å²) in [5.41, 5.74) is 2.71. The summed E-state index contributed by atoms with van der Waals surface area (Å²) in [4.78, 5) is 38.3. The van der Waals surface area contributed by atoms with Crippen molar-refractivity contribution in [2.45, 2.75) is 13.0 Å². The summed E-state index contributed by atoms with van der Waals surface area (Å²) >= 11 is 1.41. The van der Waals surface area contributed by atoms with E-state index in [0.717, 1.165) is 61.4 Å². The molecule has 10 heteroatoms. The smallest absolute Gasteiger partial charge is 0.266 e. The minimum atomic E-state index is -0.0344. The lowest BCUT2D eigenvalue weighted by Gasteiger charge is -2.27. The van der Waals surface area contributed by atoms with Gasteiger partial charge in [-0.3, -0.25) is 19.4 Å². The van der Waals surface area contributed by atoms with Gasteiger partial charge in [-0.2, -0.15) is 0 Å². The van der Waals surface area contributed by atoms with E-state index >= 15 is 0 Å². The van der Waals surface area contributed by atoms with Crippen molar-refractivity contribution in [2.24, 2.45) is 4.99 Å². The van der Waals surface area contributed by atoms with Gasteiger partial charge in [0.05, 0.1) is 37.0 Å². The number of amides is 2. The molecule has 3 aliphatic rings. The highest BCUT2D eigenvalue weighted by atomic mass is 32.2. The Bertz CT molecular complexity index is 1440. The number of morpholine rings is 2. The normalized spacial score (nSPS) is 20.5. The third kappa shape index (κ3) is 6.56. The first kappa shape index (κ1) is 27.7. The van der Waals surface area contributed by atoms with Gasteiger partial charge in [-0.05, 0) is 42.5 Å². The maximum atomic E-state index is 13.8. The number of ether oxygens (including phenoxy) is 2. The zero-order valence-corrected chi connectivity index (χ0v) is 23.9. The van der Waals surface area contributed by atoms with E-state index in [9.17, 15) is 9.59 Å². The average molecular weight is 574 g/mol. The monoisotopic (exact) mass is 573 g/mol. The number of para-hydroxylation sites is 2. The number of hydrogen-bond donors (Lipinski definition) is 0. The number of carbonyl (C=O) groups is 2. The van der Waals surface area contributed by atoms with Crippen LogP contribution in [0.4, 0.5) is 5.69 Å². The predicted octanol–water partition coefficient (Wildman–Crippen LogP) is 3.83. The molecular formula is C31H35N5O4S. The van der Waals surface area contributed by atoms with Crippen LogP contribution in [-0.4, -0.2) is 102 Å². The average Bonchev–Trinajstić information content (AvgIpc) is 3.50. The minimum absolute atomic E-state index is 0.0344. The first-order valence-corrected chi connectivity index (χ1v) is 15.1. The van der Waals surface area contributed by atoms with E-state index in [1.807, 2.05) is 81.2 Å². The molecule has 2 aromatic carbocycles. The molecule has 9 nitrogen and oxygen atoms in total. The molecule has 0 atom stereocenters. The van der Waals surface area contributed by atoms with Crippen molar-refractivity contribution in [3.05, 3.63) is 71.3 Å². The fraction of sp³-hybridized carbons (Fsp3) is 0.387. The summed E-state index contributed by atoms with van der Waals surface area (Å²) in [6.07, 6.45) is 4.79. The summed E-state index contributed by atoms with van der Waals surface area (Å²) < 4.78 is 12.9. The van der Waals surface area contributed by atoms with Crippen LogP contribution in [0, 0.1) is 0 Å². The number of fused-ring (bicyclic) bond motifs is 1. The Morgan fingerprint density at radius 1 is 0.902 bits per heavy atom. The SMILES string of the molecule is O=C(Cn1cc(/C=C2\SC(=Nc3ccccc3)N(CCCN3CCOCC3)C2=O)c2ccccc21)N1CCOCC1. The molecule has 1 aromatic heterocycles. The first-order chi connectivity index (χ1) is 20.2. The predicted molar refractivity (Wildman–Crippen MR) is 162 cm³/mol. The quantitative estimate of drug-likeness (QED) is 0.381. The van der Waals surface area contributed by atoms with E-state index in [2.05, 4.69) is 4.90 Å². The standard InChI is InChI=1S/C31H35N5O4S/c37-29(34-15-19-40-20-16-34)23-35-22-24(26-9-4-5-10-27(26)35)21-28-30(38)36(12-6-11-33-13-17-39-18-14-33)31(41-28)32-25-7-2-1-3-8-25/h1-5,7-10,21-22H,6,11-20,23H2/b28-21-,32-31?. The fourth-order valence-electron chi connectivity index (χ4n) is 5.40. The van der Waals surface area contributed by atoms with Gasteiger partial charge in [-0.1, -0.05) is 36.4 Å². The zero-order valence-electron chi connectivity index (χ0n) is 23.1. The lowest BCUT2D eigenvalue weighted by atomic mass is 10.1. The Morgan fingerprint density at radius 2 is 1.61 bits per heavy atom. The number of nitrogens with zero attached hydrogens (tertiary/aromatic N) is 5. The number of hydrogen-bond acceptors (Lipinski definition) is 7. The molecule has 41 heavy (non-hydrogen) atoms. The molecule has 0 spiro atoms. The number of benzene rings is 2. The highest BCUT2D eigenvalue weighted by Gasteiger charge is 2.33. The van der Waals surface area contributed by atoms with Crippen molar-refractivity contribution >= 4 is 51.4 Å². The zero-order chi connectivity index (χ0) is 28.0. The number of carbonyl (C=O) groups excluding carboxylic acids is 2. The Hall–Kier alpha value is -3.44. The van der Waals surface area contributed by atoms with Crippen molar-refractivity contribution in [2.75, 3.05) is 65.7 Å².